The molecule has 0 atom stereocenters. The normalized spacial score (nSPS) is 15.8. The van der Waals surface area contributed by atoms with Gasteiger partial charge >= 0.3 is 0 Å². The van der Waals surface area contributed by atoms with Crippen molar-refractivity contribution in [2.45, 2.75) is 26.4 Å². The lowest BCUT2D eigenvalue weighted by Crippen LogP contribution is -2.51. The fourth-order valence-corrected chi connectivity index (χ4v) is 4.40. The number of aryl methyl sites for hydroxylation is 1. The Balaban J connectivity index is 0.00000243. The summed E-state index contributed by atoms with van der Waals surface area (Å²) < 4.78 is 6.52. The molecule has 1 saturated heterocycles. The van der Waals surface area contributed by atoms with Crippen LogP contribution in [0.15, 0.2) is 31.5 Å². The second kappa shape index (κ2) is 10.6. The van der Waals surface area contributed by atoms with E-state index in [1.54, 1.807) is 0 Å². The second-order valence-electron chi connectivity index (χ2n) is 6.01. The van der Waals surface area contributed by atoms with Crippen LogP contribution in [-0.2, 0) is 19.5 Å². The number of thiophene rings is 1. The van der Waals surface area contributed by atoms with Crippen molar-refractivity contribution in [2.75, 3.05) is 33.2 Å². The van der Waals surface area contributed by atoms with Gasteiger partial charge in [-0.1, -0.05) is 12.1 Å². The van der Waals surface area contributed by atoms with Gasteiger partial charge in [-0.25, -0.2) is 0 Å². The van der Waals surface area contributed by atoms with Gasteiger partial charge < -0.3 is 14.7 Å². The average molecular weight is 554 g/mol. The van der Waals surface area contributed by atoms with E-state index in [0.29, 0.717) is 6.54 Å². The molecule has 9 heteroatoms. The zero-order valence-corrected chi connectivity index (χ0v) is 19.8. The third kappa shape index (κ3) is 5.93. The standard InChI is InChI=1S/C17H24BrN5OS.HI/c1-3-13-10-14(24-21-13)11-20-17(19-2)23-8-6-22(7-9-23)12-15-4-5-16(18)25-15;/h4-5,10H,3,6-9,11-12H2,1-2H3,(H,19,20);1H. The lowest BCUT2D eigenvalue weighted by molar-refractivity contribution is 0.173. The lowest BCUT2D eigenvalue weighted by atomic mass is 10.3. The molecule has 0 aromatic carbocycles. The minimum Gasteiger partial charge on any atom is -0.359 e. The summed E-state index contributed by atoms with van der Waals surface area (Å²) >= 11 is 5.34. The molecule has 1 N–H and O–H groups in total. The number of guanidine groups is 1. The van der Waals surface area contributed by atoms with Gasteiger partial charge in [0.1, 0.15) is 0 Å². The molecule has 2 aromatic heterocycles. The van der Waals surface area contributed by atoms with E-state index < -0.39 is 0 Å². The molecular formula is C17H25BrIN5OS. The summed E-state index contributed by atoms with van der Waals surface area (Å²) in [6.45, 7) is 7.74. The van der Waals surface area contributed by atoms with Crippen molar-refractivity contribution in [1.29, 1.82) is 0 Å². The van der Waals surface area contributed by atoms with Crippen molar-refractivity contribution in [3.8, 4) is 0 Å². The van der Waals surface area contributed by atoms with Gasteiger partial charge in [0.2, 0.25) is 0 Å². The summed E-state index contributed by atoms with van der Waals surface area (Å²) in [4.78, 5) is 10.6. The van der Waals surface area contributed by atoms with Crippen LogP contribution in [0.5, 0.6) is 0 Å². The van der Waals surface area contributed by atoms with Gasteiger partial charge in [0.05, 0.1) is 16.0 Å². The summed E-state index contributed by atoms with van der Waals surface area (Å²) in [6, 6.07) is 6.32. The van der Waals surface area contributed by atoms with Crippen molar-refractivity contribution in [3.05, 3.63) is 38.3 Å². The first-order chi connectivity index (χ1) is 12.2. The number of halogens is 2. The highest BCUT2D eigenvalue weighted by molar-refractivity contribution is 14.0. The fraction of sp³-hybridized carbons (Fsp3) is 0.529. The molecule has 0 aliphatic carbocycles. The van der Waals surface area contributed by atoms with Gasteiger partial charge in [-0.15, -0.1) is 35.3 Å². The predicted octanol–water partition coefficient (Wildman–Crippen LogP) is 3.57. The topological polar surface area (TPSA) is 56.9 Å². The van der Waals surface area contributed by atoms with Crippen molar-refractivity contribution >= 4 is 57.2 Å². The van der Waals surface area contributed by atoms with Crippen molar-refractivity contribution < 1.29 is 4.52 Å². The second-order valence-corrected chi connectivity index (χ2v) is 8.56. The van der Waals surface area contributed by atoms with Crippen molar-refractivity contribution in [2.24, 2.45) is 4.99 Å². The molecule has 0 bridgehead atoms. The number of nitrogens with zero attached hydrogens (tertiary/aromatic N) is 4. The number of nitrogens with one attached hydrogen (secondary N) is 1. The van der Waals surface area contributed by atoms with Crippen LogP contribution in [0.25, 0.3) is 0 Å². The van der Waals surface area contributed by atoms with Crippen LogP contribution < -0.4 is 5.32 Å². The third-order valence-corrected chi connectivity index (χ3v) is 5.89. The number of aliphatic imine (C=N–C) groups is 1. The Hall–Kier alpha value is -0.650. The molecule has 26 heavy (non-hydrogen) atoms. The summed E-state index contributed by atoms with van der Waals surface area (Å²) in [7, 11) is 1.83. The first-order valence-corrected chi connectivity index (χ1v) is 10.2. The average Bonchev–Trinajstić information content (AvgIpc) is 3.25. The molecule has 3 heterocycles. The monoisotopic (exact) mass is 553 g/mol. The number of hydrogen-bond donors (Lipinski definition) is 1. The van der Waals surface area contributed by atoms with Crippen LogP contribution in [0.3, 0.4) is 0 Å². The first kappa shape index (κ1) is 21.6. The Bertz CT molecular complexity index is 712. The van der Waals surface area contributed by atoms with Gasteiger partial charge in [-0.2, -0.15) is 0 Å². The molecule has 6 nitrogen and oxygen atoms in total. The maximum absolute atomic E-state index is 5.33. The summed E-state index contributed by atoms with van der Waals surface area (Å²) in [5.41, 5.74) is 0.987. The van der Waals surface area contributed by atoms with Crippen LogP contribution in [0.4, 0.5) is 0 Å². The van der Waals surface area contributed by atoms with Crippen molar-refractivity contribution in [3.63, 3.8) is 0 Å². The van der Waals surface area contributed by atoms with Crippen LogP contribution in [0, 0.1) is 0 Å². The molecular weight excluding hydrogens is 529 g/mol. The van der Waals surface area contributed by atoms with Crippen LogP contribution in [-0.4, -0.2) is 54.1 Å². The summed E-state index contributed by atoms with van der Waals surface area (Å²) in [6.07, 6.45) is 0.890. The SMILES string of the molecule is CCc1cc(CNC(=NC)N2CCN(Cc3ccc(Br)s3)CC2)on1.I. The van der Waals surface area contributed by atoms with E-state index in [9.17, 15) is 0 Å². The van der Waals surface area contributed by atoms with Crippen molar-refractivity contribution in [1.82, 2.24) is 20.3 Å². The minimum absolute atomic E-state index is 0. The fourth-order valence-electron chi connectivity index (χ4n) is 2.88. The first-order valence-electron chi connectivity index (χ1n) is 8.54. The van der Waals surface area contributed by atoms with E-state index in [1.807, 2.05) is 24.5 Å². The highest BCUT2D eigenvalue weighted by Gasteiger charge is 2.20. The number of rotatable bonds is 5. The van der Waals surface area contributed by atoms with Gasteiger partial charge in [0.25, 0.3) is 0 Å². The number of hydrogen-bond acceptors (Lipinski definition) is 5. The third-order valence-electron chi connectivity index (χ3n) is 4.28. The predicted molar refractivity (Wildman–Crippen MR) is 120 cm³/mol. The highest BCUT2D eigenvalue weighted by atomic mass is 127. The molecule has 3 rings (SSSR count). The highest BCUT2D eigenvalue weighted by Crippen LogP contribution is 2.23. The molecule has 2 aromatic rings. The van der Waals surface area contributed by atoms with Crippen LogP contribution >= 0.6 is 51.2 Å². The van der Waals surface area contributed by atoms with Gasteiger partial charge in [0, 0.05) is 50.7 Å². The molecule has 0 radical (unpaired) electrons. The molecule has 0 saturated carbocycles. The van der Waals surface area contributed by atoms with Gasteiger partial charge in [0.15, 0.2) is 11.7 Å². The summed E-state index contributed by atoms with van der Waals surface area (Å²) in [5.74, 6) is 1.77. The Labute approximate surface area is 184 Å². The van der Waals surface area contributed by atoms with E-state index in [1.165, 1.54) is 8.66 Å². The van der Waals surface area contributed by atoms with E-state index in [2.05, 4.69) is 60.3 Å². The van der Waals surface area contributed by atoms with E-state index in [4.69, 9.17) is 4.52 Å². The van der Waals surface area contributed by atoms with Crippen LogP contribution in [0.2, 0.25) is 0 Å². The molecule has 0 amide bonds. The maximum Gasteiger partial charge on any atom is 0.194 e. The minimum atomic E-state index is 0. The molecule has 0 unspecified atom stereocenters. The van der Waals surface area contributed by atoms with Gasteiger partial charge in [-0.05, 0) is 34.5 Å². The quantitative estimate of drug-likeness (QED) is 0.348. The number of aromatic nitrogens is 1. The Morgan fingerprint density at radius 2 is 2.12 bits per heavy atom. The van der Waals surface area contributed by atoms with Crippen LogP contribution in [0.1, 0.15) is 23.3 Å². The molecule has 1 aliphatic heterocycles. The van der Waals surface area contributed by atoms with E-state index in [0.717, 1.165) is 56.6 Å². The smallest absolute Gasteiger partial charge is 0.194 e. The number of piperazine rings is 1. The molecule has 144 valence electrons. The summed E-state index contributed by atoms with van der Waals surface area (Å²) in [5, 5.41) is 7.41. The Morgan fingerprint density at radius 3 is 2.69 bits per heavy atom. The van der Waals surface area contributed by atoms with E-state index >= 15 is 0 Å². The zero-order valence-electron chi connectivity index (χ0n) is 15.1. The maximum atomic E-state index is 5.33. The van der Waals surface area contributed by atoms with Gasteiger partial charge in [-0.3, -0.25) is 9.89 Å². The molecule has 1 aliphatic rings. The zero-order chi connectivity index (χ0) is 17.6. The largest absolute Gasteiger partial charge is 0.359 e. The molecule has 0 spiro atoms. The Kier molecular flexibility index (Phi) is 8.85. The molecule has 1 fully saturated rings. The van der Waals surface area contributed by atoms with E-state index in [-0.39, 0.29) is 24.0 Å². The lowest BCUT2D eigenvalue weighted by Gasteiger charge is -2.36. The Morgan fingerprint density at radius 1 is 1.35 bits per heavy atom.